The average molecular weight is 385 g/mol. The summed E-state index contributed by atoms with van der Waals surface area (Å²) >= 11 is 7.26. The Kier molecular flexibility index (Phi) is 7.36. The summed E-state index contributed by atoms with van der Waals surface area (Å²) in [4.78, 5) is 25.9. The molecule has 0 aliphatic rings. The number of likely N-dealkylation sites (N-methyl/N-ethyl adjacent to an activating group) is 1. The van der Waals surface area contributed by atoms with E-state index in [2.05, 4.69) is 10.6 Å². The molecule has 0 fully saturated rings. The van der Waals surface area contributed by atoms with Gasteiger partial charge in [0.05, 0.1) is 18.8 Å². The van der Waals surface area contributed by atoms with Crippen LogP contribution in [0.1, 0.15) is 11.8 Å². The first-order valence-electron chi connectivity index (χ1n) is 7.85. The Morgan fingerprint density at radius 1 is 1.24 bits per heavy atom. The van der Waals surface area contributed by atoms with Gasteiger partial charge in [0.25, 0.3) is 11.8 Å². The van der Waals surface area contributed by atoms with Crippen LogP contribution < -0.4 is 15.5 Å². The van der Waals surface area contributed by atoms with Gasteiger partial charge in [-0.2, -0.15) is 0 Å². The van der Waals surface area contributed by atoms with E-state index < -0.39 is 5.82 Å². The smallest absolute Gasteiger partial charge is 0.279 e. The molecule has 0 aliphatic heterocycles. The number of quaternary nitrogens is 1. The van der Waals surface area contributed by atoms with Gasteiger partial charge in [-0.25, -0.2) is 4.39 Å². The second-order valence-corrected chi connectivity index (χ2v) is 6.95. The molecule has 1 aromatic carbocycles. The summed E-state index contributed by atoms with van der Waals surface area (Å²) in [5.41, 5.74) is 0.0759. The lowest BCUT2D eigenvalue weighted by Gasteiger charge is -2.17. The number of hydrogen-bond acceptors (Lipinski definition) is 3. The molecule has 134 valence electrons. The maximum absolute atomic E-state index is 13.7. The summed E-state index contributed by atoms with van der Waals surface area (Å²) in [6, 6.07) is 7.93. The number of nitrogens with one attached hydrogen (secondary N) is 3. The van der Waals surface area contributed by atoms with Crippen LogP contribution in [0.15, 0.2) is 35.7 Å². The van der Waals surface area contributed by atoms with Crippen LogP contribution in [0.5, 0.6) is 0 Å². The van der Waals surface area contributed by atoms with Crippen LogP contribution in [0.3, 0.4) is 0 Å². The van der Waals surface area contributed by atoms with Crippen LogP contribution in [0.25, 0.3) is 0 Å². The minimum absolute atomic E-state index is 0.0744. The van der Waals surface area contributed by atoms with Crippen molar-refractivity contribution in [1.29, 1.82) is 0 Å². The molecule has 0 aliphatic carbocycles. The summed E-state index contributed by atoms with van der Waals surface area (Å²) in [7, 11) is 0. The normalized spacial score (nSPS) is 11.8. The highest BCUT2D eigenvalue weighted by Gasteiger charge is 2.17. The second kappa shape index (κ2) is 9.50. The van der Waals surface area contributed by atoms with Crippen LogP contribution in [0, 0.1) is 5.82 Å². The third kappa shape index (κ3) is 6.45. The molecule has 5 nitrogen and oxygen atoms in total. The molecule has 0 radical (unpaired) electrons. The quantitative estimate of drug-likeness (QED) is 0.648. The van der Waals surface area contributed by atoms with Gasteiger partial charge in [0.1, 0.15) is 5.82 Å². The van der Waals surface area contributed by atoms with Gasteiger partial charge in [-0.3, -0.25) is 9.59 Å². The van der Waals surface area contributed by atoms with Gasteiger partial charge in [0, 0.05) is 9.90 Å². The maximum Gasteiger partial charge on any atom is 0.279 e. The molecule has 1 heterocycles. The zero-order valence-electron chi connectivity index (χ0n) is 13.8. The standard InChI is InChI=1S/C17H19ClFN3O2S/c1-2-22(10-16(23)20-9-13-4-3-7-25-13)11-17(24)21-15-6-5-12(18)8-14(15)19/h3-8H,2,9-11H2,1H3,(H,20,23)(H,21,24)/p+1. The van der Waals surface area contributed by atoms with E-state index >= 15 is 0 Å². The fourth-order valence-corrected chi connectivity index (χ4v) is 3.02. The molecule has 0 saturated carbocycles. The number of rotatable bonds is 8. The summed E-state index contributed by atoms with van der Waals surface area (Å²) in [5, 5.41) is 7.55. The number of thiophene rings is 1. The van der Waals surface area contributed by atoms with Gasteiger partial charge in [0.2, 0.25) is 0 Å². The van der Waals surface area contributed by atoms with E-state index in [-0.39, 0.29) is 35.6 Å². The minimum atomic E-state index is -0.590. The molecule has 2 rings (SSSR count). The molecule has 2 aromatic rings. The van der Waals surface area contributed by atoms with Crippen molar-refractivity contribution in [2.45, 2.75) is 13.5 Å². The lowest BCUT2D eigenvalue weighted by molar-refractivity contribution is -0.881. The van der Waals surface area contributed by atoms with Gasteiger partial charge in [-0.15, -0.1) is 11.3 Å². The first-order chi connectivity index (χ1) is 12.0. The Morgan fingerprint density at radius 3 is 2.64 bits per heavy atom. The summed E-state index contributed by atoms with van der Waals surface area (Å²) in [6.07, 6.45) is 0. The van der Waals surface area contributed by atoms with Gasteiger partial charge in [-0.05, 0) is 36.6 Å². The van der Waals surface area contributed by atoms with E-state index in [0.29, 0.717) is 13.1 Å². The van der Waals surface area contributed by atoms with E-state index in [4.69, 9.17) is 11.6 Å². The molecule has 0 saturated heterocycles. The van der Waals surface area contributed by atoms with Crippen LogP contribution >= 0.6 is 22.9 Å². The largest absolute Gasteiger partial charge is 0.346 e. The van der Waals surface area contributed by atoms with Crippen molar-refractivity contribution >= 4 is 40.4 Å². The molecule has 1 atom stereocenters. The molecule has 25 heavy (non-hydrogen) atoms. The fourth-order valence-electron chi connectivity index (χ4n) is 2.21. The van der Waals surface area contributed by atoms with Gasteiger partial charge in [0.15, 0.2) is 13.1 Å². The van der Waals surface area contributed by atoms with Crippen molar-refractivity contribution in [2.24, 2.45) is 0 Å². The summed E-state index contributed by atoms with van der Waals surface area (Å²) in [6.45, 7) is 3.22. The van der Waals surface area contributed by atoms with Gasteiger partial charge in [-0.1, -0.05) is 17.7 Å². The SMILES string of the molecule is CC[NH+](CC(=O)NCc1cccs1)CC(=O)Nc1ccc(Cl)cc1F. The maximum atomic E-state index is 13.7. The van der Waals surface area contributed by atoms with Crippen molar-refractivity contribution in [3.05, 3.63) is 51.4 Å². The molecule has 8 heteroatoms. The number of halogens is 2. The fraction of sp³-hybridized carbons (Fsp3) is 0.294. The summed E-state index contributed by atoms with van der Waals surface area (Å²) in [5.74, 6) is -1.08. The highest BCUT2D eigenvalue weighted by Crippen LogP contribution is 2.18. The first kappa shape index (κ1) is 19.4. The lowest BCUT2D eigenvalue weighted by Crippen LogP contribution is -3.14. The van der Waals surface area contributed by atoms with Crippen molar-refractivity contribution in [2.75, 3.05) is 25.0 Å². The third-order valence-electron chi connectivity index (χ3n) is 3.57. The lowest BCUT2D eigenvalue weighted by atomic mass is 10.3. The van der Waals surface area contributed by atoms with Gasteiger partial charge < -0.3 is 15.5 Å². The predicted octanol–water partition coefficient (Wildman–Crippen LogP) is 1.70. The van der Waals surface area contributed by atoms with E-state index in [1.807, 2.05) is 24.4 Å². The Hall–Kier alpha value is -1.96. The van der Waals surface area contributed by atoms with E-state index in [9.17, 15) is 14.0 Å². The Morgan fingerprint density at radius 2 is 2.00 bits per heavy atom. The molecule has 3 N–H and O–H groups in total. The Bertz CT molecular complexity index is 725. The highest BCUT2D eigenvalue weighted by molar-refractivity contribution is 7.09. The average Bonchev–Trinajstić information content (AvgIpc) is 3.08. The number of amides is 2. The third-order valence-corrected chi connectivity index (χ3v) is 4.68. The number of carbonyl (C=O) groups excluding carboxylic acids is 2. The predicted molar refractivity (Wildman–Crippen MR) is 97.4 cm³/mol. The molecule has 2 amide bonds. The number of carbonyl (C=O) groups is 2. The molecular formula is C17H20ClFN3O2S+. The summed E-state index contributed by atoms with van der Waals surface area (Å²) < 4.78 is 13.7. The molecule has 0 bridgehead atoms. The topological polar surface area (TPSA) is 62.6 Å². The molecular weight excluding hydrogens is 365 g/mol. The monoisotopic (exact) mass is 384 g/mol. The van der Waals surface area contributed by atoms with E-state index in [0.717, 1.165) is 15.8 Å². The Balaban J connectivity index is 1.81. The number of anilines is 1. The highest BCUT2D eigenvalue weighted by atomic mass is 35.5. The van der Waals surface area contributed by atoms with Crippen LogP contribution in [0.2, 0.25) is 5.02 Å². The first-order valence-corrected chi connectivity index (χ1v) is 9.11. The van der Waals surface area contributed by atoms with Crippen molar-refractivity contribution in [3.8, 4) is 0 Å². The molecule has 1 aromatic heterocycles. The number of benzene rings is 1. The van der Waals surface area contributed by atoms with Crippen molar-refractivity contribution in [3.63, 3.8) is 0 Å². The van der Waals surface area contributed by atoms with E-state index in [1.54, 1.807) is 11.3 Å². The van der Waals surface area contributed by atoms with Crippen molar-refractivity contribution < 1.29 is 18.9 Å². The molecule has 0 spiro atoms. The van der Waals surface area contributed by atoms with E-state index in [1.165, 1.54) is 12.1 Å². The number of hydrogen-bond donors (Lipinski definition) is 3. The zero-order chi connectivity index (χ0) is 18.2. The zero-order valence-corrected chi connectivity index (χ0v) is 15.3. The van der Waals surface area contributed by atoms with Crippen LogP contribution in [-0.2, 0) is 16.1 Å². The van der Waals surface area contributed by atoms with Crippen molar-refractivity contribution in [1.82, 2.24) is 5.32 Å². The van der Waals surface area contributed by atoms with Crippen LogP contribution in [0.4, 0.5) is 10.1 Å². The van der Waals surface area contributed by atoms with Crippen LogP contribution in [-0.4, -0.2) is 31.4 Å². The molecule has 1 unspecified atom stereocenters. The second-order valence-electron chi connectivity index (χ2n) is 5.49. The minimum Gasteiger partial charge on any atom is -0.346 e. The van der Waals surface area contributed by atoms with Gasteiger partial charge >= 0.3 is 0 Å². The Labute approximate surface area is 154 Å².